The molecule has 9 nitrogen and oxygen atoms in total. The van der Waals surface area contributed by atoms with Gasteiger partial charge in [-0.1, -0.05) is 68.8 Å². The first kappa shape index (κ1) is 23.0. The topological polar surface area (TPSA) is 116 Å². The van der Waals surface area contributed by atoms with Gasteiger partial charge in [0.2, 0.25) is 11.7 Å². The minimum atomic E-state index is -0.466. The minimum Gasteiger partial charge on any atom is -0.296 e. The van der Waals surface area contributed by atoms with Crippen LogP contribution in [-0.4, -0.2) is 42.0 Å². The van der Waals surface area contributed by atoms with E-state index >= 15 is 0 Å². The fraction of sp³-hybridized carbons (Fsp3) is 0.280. The van der Waals surface area contributed by atoms with Crippen molar-refractivity contribution in [2.45, 2.75) is 46.1 Å². The van der Waals surface area contributed by atoms with Gasteiger partial charge in [0.15, 0.2) is 6.29 Å². The second-order valence-corrected chi connectivity index (χ2v) is 7.98. The van der Waals surface area contributed by atoms with Gasteiger partial charge in [0.1, 0.15) is 5.69 Å². The Bertz CT molecular complexity index is 1350. The Hall–Kier alpha value is -4.14. The summed E-state index contributed by atoms with van der Waals surface area (Å²) in [4.78, 5) is 37.4. The predicted molar refractivity (Wildman–Crippen MR) is 128 cm³/mol. The molecule has 0 fully saturated rings. The number of rotatable bonds is 9. The van der Waals surface area contributed by atoms with Crippen molar-refractivity contribution in [3.05, 3.63) is 76.0 Å². The molecule has 2 aromatic heterocycles. The Kier molecular flexibility index (Phi) is 6.91. The average Bonchev–Trinajstić information content (AvgIpc) is 3.50. The van der Waals surface area contributed by atoms with Crippen LogP contribution in [0.15, 0.2) is 53.3 Å². The lowest BCUT2D eigenvalue weighted by atomic mass is 9.98. The third-order valence-corrected chi connectivity index (χ3v) is 5.83. The summed E-state index contributed by atoms with van der Waals surface area (Å²) in [5.74, 6) is 0.132. The van der Waals surface area contributed by atoms with E-state index in [-0.39, 0.29) is 24.6 Å². The van der Waals surface area contributed by atoms with Gasteiger partial charge in [0.05, 0.1) is 12.2 Å². The summed E-state index contributed by atoms with van der Waals surface area (Å²) < 4.78 is 2.57. The van der Waals surface area contributed by atoms with Gasteiger partial charge >= 0.3 is 5.69 Å². The van der Waals surface area contributed by atoms with Crippen LogP contribution in [0, 0.1) is 0 Å². The van der Waals surface area contributed by atoms with Crippen LogP contribution in [0.3, 0.4) is 0 Å². The van der Waals surface area contributed by atoms with Gasteiger partial charge in [0, 0.05) is 12.0 Å². The molecule has 0 aliphatic carbocycles. The van der Waals surface area contributed by atoms with Crippen LogP contribution in [0.25, 0.3) is 22.5 Å². The lowest BCUT2D eigenvalue weighted by Gasteiger charge is -2.10. The van der Waals surface area contributed by atoms with Crippen molar-refractivity contribution < 1.29 is 9.59 Å². The van der Waals surface area contributed by atoms with Crippen molar-refractivity contribution in [2.75, 3.05) is 0 Å². The number of aromatic nitrogens is 6. The summed E-state index contributed by atoms with van der Waals surface area (Å²) in [7, 11) is 0. The normalized spacial score (nSPS) is 11.0. The third kappa shape index (κ3) is 4.36. The van der Waals surface area contributed by atoms with Gasteiger partial charge in [-0.05, 0) is 34.7 Å². The van der Waals surface area contributed by atoms with Gasteiger partial charge in [-0.15, -0.1) is 10.2 Å². The fourth-order valence-electron chi connectivity index (χ4n) is 4.07. The quantitative estimate of drug-likeness (QED) is 0.382. The molecule has 4 aromatic rings. The Morgan fingerprint density at radius 1 is 1.06 bits per heavy atom. The monoisotopic (exact) mass is 458 g/mol. The molecule has 0 saturated heterocycles. The second-order valence-electron chi connectivity index (χ2n) is 7.98. The summed E-state index contributed by atoms with van der Waals surface area (Å²) >= 11 is 0. The van der Waals surface area contributed by atoms with E-state index in [0.29, 0.717) is 24.2 Å². The molecular weight excluding hydrogens is 432 g/mol. The number of hydrogen-bond acceptors (Lipinski definition) is 6. The van der Waals surface area contributed by atoms with Crippen molar-refractivity contribution in [3.63, 3.8) is 0 Å². The molecule has 174 valence electrons. The summed E-state index contributed by atoms with van der Waals surface area (Å²) in [6.07, 6.45) is 3.05. The number of benzene rings is 2. The van der Waals surface area contributed by atoms with E-state index in [1.807, 2.05) is 55.5 Å². The molecule has 0 saturated carbocycles. The van der Waals surface area contributed by atoms with E-state index in [2.05, 4.69) is 20.6 Å². The first-order valence-corrected chi connectivity index (χ1v) is 11.3. The Morgan fingerprint density at radius 3 is 2.41 bits per heavy atom. The van der Waals surface area contributed by atoms with E-state index in [9.17, 15) is 14.4 Å². The maximum absolute atomic E-state index is 13.1. The highest BCUT2D eigenvalue weighted by molar-refractivity contribution is 5.87. The van der Waals surface area contributed by atoms with Crippen molar-refractivity contribution >= 4 is 12.2 Å². The fourth-order valence-corrected chi connectivity index (χ4v) is 4.07. The van der Waals surface area contributed by atoms with Crippen molar-refractivity contribution in [3.8, 4) is 22.5 Å². The zero-order valence-corrected chi connectivity index (χ0v) is 19.2. The number of aromatic amines is 1. The molecule has 2 heterocycles. The number of hydrogen-bond donors (Lipinski definition) is 1. The summed E-state index contributed by atoms with van der Waals surface area (Å²) in [6, 6.07) is 15.6. The molecule has 0 spiro atoms. The van der Waals surface area contributed by atoms with Gasteiger partial charge in [-0.2, -0.15) is 5.21 Å². The minimum absolute atomic E-state index is 0.145. The number of carbonyl (C=O) groups excluding carboxylic acids is 2. The lowest BCUT2D eigenvalue weighted by molar-refractivity contribution is 0.0893. The van der Waals surface area contributed by atoms with Crippen LogP contribution in [0.1, 0.15) is 59.7 Å². The molecule has 1 N–H and O–H groups in total. The third-order valence-electron chi connectivity index (χ3n) is 5.83. The largest absolute Gasteiger partial charge is 0.336 e. The SMILES string of the molecule is CCCCc1c(C=O)n(C(=O)CC)c(=O)n1Cc1ccc(-c2ccccc2-c2nn[nH]n2)cc1. The Morgan fingerprint density at radius 2 is 1.79 bits per heavy atom. The molecule has 0 unspecified atom stereocenters. The molecule has 0 aliphatic rings. The molecule has 9 heteroatoms. The molecule has 0 aliphatic heterocycles. The number of tetrazole rings is 1. The van der Waals surface area contributed by atoms with Crippen molar-refractivity contribution in [2.24, 2.45) is 0 Å². The van der Waals surface area contributed by atoms with Crippen LogP contribution < -0.4 is 5.69 Å². The highest BCUT2D eigenvalue weighted by Gasteiger charge is 2.22. The van der Waals surface area contributed by atoms with E-state index in [1.165, 1.54) is 0 Å². The number of aldehydes is 1. The molecule has 0 bridgehead atoms. The number of nitrogens with one attached hydrogen (secondary N) is 1. The second kappa shape index (κ2) is 10.2. The zero-order chi connectivity index (χ0) is 24.1. The zero-order valence-electron chi connectivity index (χ0n) is 19.2. The maximum Gasteiger partial charge on any atom is 0.336 e. The van der Waals surface area contributed by atoms with Crippen LogP contribution >= 0.6 is 0 Å². The Balaban J connectivity index is 1.70. The van der Waals surface area contributed by atoms with E-state index in [0.717, 1.165) is 39.7 Å². The van der Waals surface area contributed by atoms with Crippen LogP contribution in [0.5, 0.6) is 0 Å². The lowest BCUT2D eigenvalue weighted by Crippen LogP contribution is -2.30. The smallest absolute Gasteiger partial charge is 0.296 e. The van der Waals surface area contributed by atoms with E-state index < -0.39 is 5.69 Å². The number of imidazole rings is 1. The van der Waals surface area contributed by atoms with Crippen LogP contribution in [0.4, 0.5) is 0 Å². The first-order valence-electron chi connectivity index (χ1n) is 11.3. The van der Waals surface area contributed by atoms with Crippen LogP contribution in [0.2, 0.25) is 0 Å². The number of nitrogens with zero attached hydrogens (tertiary/aromatic N) is 5. The molecule has 2 aromatic carbocycles. The number of unbranched alkanes of at least 4 members (excludes halogenated alkanes) is 1. The summed E-state index contributed by atoms with van der Waals surface area (Å²) in [5.41, 5.74) is 3.97. The Labute approximate surface area is 196 Å². The number of H-pyrrole nitrogens is 1. The van der Waals surface area contributed by atoms with Crippen LogP contribution in [-0.2, 0) is 13.0 Å². The van der Waals surface area contributed by atoms with Gasteiger partial charge < -0.3 is 0 Å². The van der Waals surface area contributed by atoms with Crippen molar-refractivity contribution in [1.82, 2.24) is 29.8 Å². The number of carbonyl (C=O) groups is 2. The van der Waals surface area contributed by atoms with E-state index in [1.54, 1.807) is 11.5 Å². The highest BCUT2D eigenvalue weighted by atomic mass is 16.2. The summed E-state index contributed by atoms with van der Waals surface area (Å²) in [6.45, 7) is 4.00. The van der Waals surface area contributed by atoms with E-state index in [4.69, 9.17) is 0 Å². The molecule has 0 atom stereocenters. The predicted octanol–water partition coefficient (Wildman–Crippen LogP) is 3.75. The first-order chi connectivity index (χ1) is 16.6. The maximum atomic E-state index is 13.1. The average molecular weight is 459 g/mol. The van der Waals surface area contributed by atoms with Crippen molar-refractivity contribution in [1.29, 1.82) is 0 Å². The van der Waals surface area contributed by atoms with Gasteiger partial charge in [-0.3, -0.25) is 14.2 Å². The highest BCUT2D eigenvalue weighted by Crippen LogP contribution is 2.29. The summed E-state index contributed by atoms with van der Waals surface area (Å²) in [5, 5.41) is 14.3. The molecule has 34 heavy (non-hydrogen) atoms. The molecule has 0 amide bonds. The molecular formula is C25H26N6O3. The van der Waals surface area contributed by atoms with Gasteiger partial charge in [-0.25, -0.2) is 9.36 Å². The molecule has 4 rings (SSSR count). The standard InChI is InChI=1S/C25H26N6O3/c1-3-5-10-21-22(16-32)31(23(33)4-2)25(34)30(21)15-17-11-13-18(14-12-17)19-8-6-7-9-20(19)24-26-28-29-27-24/h6-9,11-14,16H,3-5,10,15H2,1-2H3,(H,26,27,28,29). The molecule has 0 radical (unpaired) electrons. The van der Waals surface area contributed by atoms with Gasteiger partial charge in [0.25, 0.3) is 0 Å².